The monoisotopic (exact) mass is 426 g/mol. The van der Waals surface area contributed by atoms with Gasteiger partial charge in [0.25, 0.3) is 0 Å². The van der Waals surface area contributed by atoms with Crippen molar-refractivity contribution in [3.63, 3.8) is 0 Å². The number of fused-ring (bicyclic) bond motifs is 1. The number of aromatic nitrogens is 4. The summed E-state index contributed by atoms with van der Waals surface area (Å²) in [5, 5.41) is 7.09. The Morgan fingerprint density at radius 2 is 1.77 bits per heavy atom. The van der Waals surface area contributed by atoms with Gasteiger partial charge >= 0.3 is 6.18 Å². The maximum atomic E-state index is 13.0. The molecule has 9 heteroatoms. The number of rotatable bonds is 3. The van der Waals surface area contributed by atoms with Crippen LogP contribution in [0.3, 0.4) is 0 Å². The summed E-state index contributed by atoms with van der Waals surface area (Å²) in [5.74, 6) is 0.911. The van der Waals surface area contributed by atoms with Gasteiger partial charge in [-0.15, -0.1) is 0 Å². The topological polar surface area (TPSA) is 62.5 Å². The molecule has 0 amide bonds. The third kappa shape index (κ3) is 3.13. The van der Waals surface area contributed by atoms with Crippen molar-refractivity contribution in [3.05, 3.63) is 77.1 Å². The van der Waals surface area contributed by atoms with Gasteiger partial charge in [0.15, 0.2) is 16.2 Å². The van der Waals surface area contributed by atoms with Crippen LogP contribution in [0.5, 0.6) is 0 Å². The highest BCUT2D eigenvalue weighted by atomic mass is 32.1. The molecule has 0 aliphatic carbocycles. The van der Waals surface area contributed by atoms with Crippen molar-refractivity contribution in [2.45, 2.75) is 6.18 Å². The van der Waals surface area contributed by atoms with E-state index >= 15 is 0 Å². The summed E-state index contributed by atoms with van der Waals surface area (Å²) in [6, 6.07) is 18.0. The minimum Gasteiger partial charge on any atom is -0.454 e. The van der Waals surface area contributed by atoms with Gasteiger partial charge < -0.3 is 9.40 Å². The van der Waals surface area contributed by atoms with E-state index in [0.29, 0.717) is 38.7 Å². The number of hydrogen-bond donors (Lipinski definition) is 2. The average Bonchev–Trinajstić information content (AvgIpc) is 3.41. The lowest BCUT2D eigenvalue weighted by molar-refractivity contribution is -0.137. The third-order valence-electron chi connectivity index (χ3n) is 4.71. The lowest BCUT2D eigenvalue weighted by Gasteiger charge is -2.07. The highest BCUT2D eigenvalue weighted by Crippen LogP contribution is 2.35. The molecule has 0 fully saturated rings. The summed E-state index contributed by atoms with van der Waals surface area (Å²) < 4.78 is 47.0. The van der Waals surface area contributed by atoms with Gasteiger partial charge in [0.1, 0.15) is 5.76 Å². The van der Waals surface area contributed by atoms with Gasteiger partial charge in [-0.2, -0.15) is 18.3 Å². The van der Waals surface area contributed by atoms with E-state index in [-0.39, 0.29) is 0 Å². The number of furan rings is 1. The first-order valence-electron chi connectivity index (χ1n) is 8.93. The van der Waals surface area contributed by atoms with Crippen molar-refractivity contribution in [1.82, 2.24) is 19.7 Å². The Labute approximate surface area is 172 Å². The Hall–Kier alpha value is -3.59. The molecular weight excluding hydrogens is 413 g/mol. The Kier molecular flexibility index (Phi) is 4.14. The summed E-state index contributed by atoms with van der Waals surface area (Å²) in [4.78, 5) is 3.20. The molecular formula is C21H13F3N4OS. The molecule has 0 bridgehead atoms. The van der Waals surface area contributed by atoms with Crippen molar-refractivity contribution in [1.29, 1.82) is 0 Å². The molecule has 0 atom stereocenters. The second-order valence-corrected chi connectivity index (χ2v) is 7.06. The lowest BCUT2D eigenvalue weighted by atomic mass is 10.1. The van der Waals surface area contributed by atoms with Crippen molar-refractivity contribution in [2.24, 2.45) is 0 Å². The zero-order chi connectivity index (χ0) is 20.9. The van der Waals surface area contributed by atoms with Crippen LogP contribution in [0.2, 0.25) is 0 Å². The third-order valence-corrected chi connectivity index (χ3v) is 4.98. The lowest BCUT2D eigenvalue weighted by Crippen LogP contribution is -2.04. The molecule has 0 saturated carbocycles. The first kappa shape index (κ1) is 18.4. The first-order chi connectivity index (χ1) is 14.4. The fourth-order valence-electron chi connectivity index (χ4n) is 3.33. The normalized spacial score (nSPS) is 12.0. The fraction of sp³-hybridized carbons (Fsp3) is 0.0476. The molecule has 2 N–H and O–H groups in total. The van der Waals surface area contributed by atoms with Crippen LogP contribution in [0.4, 0.5) is 13.2 Å². The largest absolute Gasteiger partial charge is 0.454 e. The number of nitrogens with one attached hydrogen (secondary N) is 2. The summed E-state index contributed by atoms with van der Waals surface area (Å²) in [6.07, 6.45) is -4.41. The van der Waals surface area contributed by atoms with Crippen molar-refractivity contribution in [3.8, 4) is 28.5 Å². The molecule has 0 spiro atoms. The van der Waals surface area contributed by atoms with Crippen LogP contribution < -0.4 is 0 Å². The van der Waals surface area contributed by atoms with Crippen molar-refractivity contribution < 1.29 is 17.6 Å². The van der Waals surface area contributed by atoms with Gasteiger partial charge in [-0.25, -0.2) is 0 Å². The van der Waals surface area contributed by atoms with E-state index in [1.807, 2.05) is 30.3 Å². The van der Waals surface area contributed by atoms with Crippen LogP contribution in [0.25, 0.3) is 39.6 Å². The van der Waals surface area contributed by atoms with Crippen LogP contribution in [0, 0.1) is 4.77 Å². The van der Waals surface area contributed by atoms with Gasteiger partial charge in [0, 0.05) is 17.7 Å². The average molecular weight is 426 g/mol. The molecule has 0 aliphatic rings. The number of benzene rings is 2. The molecule has 0 aliphatic heterocycles. The number of nitrogens with zero attached hydrogens (tertiary/aromatic N) is 2. The molecule has 5 nitrogen and oxygen atoms in total. The minimum atomic E-state index is -4.41. The number of hydrogen-bond acceptors (Lipinski definition) is 3. The van der Waals surface area contributed by atoms with Gasteiger partial charge in [-0.1, -0.05) is 30.3 Å². The smallest absolute Gasteiger partial charge is 0.416 e. The van der Waals surface area contributed by atoms with E-state index in [0.717, 1.165) is 17.8 Å². The van der Waals surface area contributed by atoms with Crippen molar-refractivity contribution in [2.75, 3.05) is 0 Å². The number of para-hydroxylation sites is 1. The zero-order valence-corrected chi connectivity index (χ0v) is 16.0. The van der Waals surface area contributed by atoms with Crippen molar-refractivity contribution >= 4 is 23.3 Å². The molecule has 0 saturated heterocycles. The highest BCUT2D eigenvalue weighted by Gasteiger charge is 2.30. The Morgan fingerprint density at radius 3 is 2.50 bits per heavy atom. The summed E-state index contributed by atoms with van der Waals surface area (Å²) >= 11 is 5.36. The predicted octanol–water partition coefficient (Wildman–Crippen LogP) is 6.36. The van der Waals surface area contributed by atoms with E-state index < -0.39 is 11.7 Å². The molecule has 5 rings (SSSR count). The maximum absolute atomic E-state index is 13.0. The minimum absolute atomic E-state index is 0.343. The second-order valence-electron chi connectivity index (χ2n) is 6.67. The van der Waals surface area contributed by atoms with Crippen LogP contribution in [0.1, 0.15) is 5.56 Å². The molecule has 3 heterocycles. The van der Waals surface area contributed by atoms with Gasteiger partial charge in [0.05, 0.1) is 22.5 Å². The number of aromatic amines is 2. The number of halogens is 3. The molecule has 30 heavy (non-hydrogen) atoms. The maximum Gasteiger partial charge on any atom is 0.416 e. The van der Waals surface area contributed by atoms with Gasteiger partial charge in [-0.05, 0) is 36.5 Å². The standard InChI is InChI=1S/C21H13F3N4OS/c22-21(23,24)13-6-4-5-12(9-13)17-10-15-18(29-17)11-16(25-15)19-26-27-20(30)28(19)14-7-2-1-3-8-14/h1-11,25H,(H,27,30). The Balaban J connectivity index is 1.56. The zero-order valence-electron chi connectivity index (χ0n) is 15.2. The first-order valence-corrected chi connectivity index (χ1v) is 9.34. The van der Waals surface area contributed by atoms with E-state index in [1.165, 1.54) is 6.07 Å². The molecule has 3 aromatic heterocycles. The fourth-order valence-corrected chi connectivity index (χ4v) is 3.57. The van der Waals surface area contributed by atoms with E-state index in [1.54, 1.807) is 22.8 Å². The SMILES string of the molecule is FC(F)(F)c1cccc(-c2cc3[nH]c(-c4n[nH]c(=S)n4-c4ccccc4)cc3o2)c1. The molecule has 2 aromatic carbocycles. The van der Waals surface area contributed by atoms with Gasteiger partial charge in [-0.3, -0.25) is 9.67 Å². The van der Waals surface area contributed by atoms with E-state index in [2.05, 4.69) is 15.2 Å². The van der Waals surface area contributed by atoms with E-state index in [9.17, 15) is 13.2 Å². The predicted molar refractivity (Wildman–Crippen MR) is 109 cm³/mol. The summed E-state index contributed by atoms with van der Waals surface area (Å²) in [6.45, 7) is 0. The van der Waals surface area contributed by atoms with Gasteiger partial charge in [0.2, 0.25) is 0 Å². The van der Waals surface area contributed by atoms with E-state index in [4.69, 9.17) is 16.6 Å². The Morgan fingerprint density at radius 1 is 0.967 bits per heavy atom. The molecule has 0 unspecified atom stereocenters. The highest BCUT2D eigenvalue weighted by molar-refractivity contribution is 7.71. The second kappa shape index (κ2) is 6.74. The Bertz CT molecular complexity index is 1380. The summed E-state index contributed by atoms with van der Waals surface area (Å²) in [7, 11) is 0. The van der Waals surface area contributed by atoms with Crippen LogP contribution in [-0.4, -0.2) is 19.7 Å². The number of H-pyrrole nitrogens is 2. The molecule has 0 radical (unpaired) electrons. The quantitative estimate of drug-likeness (QED) is 0.330. The summed E-state index contributed by atoms with van der Waals surface area (Å²) in [5.41, 5.74) is 2.29. The van der Waals surface area contributed by atoms with Crippen LogP contribution in [0.15, 0.2) is 71.1 Å². The molecule has 150 valence electrons. The van der Waals surface area contributed by atoms with Crippen LogP contribution in [-0.2, 0) is 6.18 Å². The van der Waals surface area contributed by atoms with Crippen LogP contribution >= 0.6 is 12.2 Å². The molecule has 5 aromatic rings. The number of alkyl halides is 3.